The largest absolute Gasteiger partial charge is 0.478 e. The number of amides is 2. The molecule has 0 saturated heterocycles. The summed E-state index contributed by atoms with van der Waals surface area (Å²) in [6.07, 6.45) is 1.30. The lowest BCUT2D eigenvalue weighted by Gasteiger charge is -2.29. The van der Waals surface area contributed by atoms with E-state index in [9.17, 15) is 14.4 Å². The van der Waals surface area contributed by atoms with E-state index in [0.29, 0.717) is 18.7 Å². The molecule has 1 heterocycles. The van der Waals surface area contributed by atoms with Gasteiger partial charge in [-0.3, -0.25) is 9.59 Å². The van der Waals surface area contributed by atoms with Gasteiger partial charge in [0.15, 0.2) is 0 Å². The van der Waals surface area contributed by atoms with Crippen molar-refractivity contribution in [2.24, 2.45) is 0 Å². The summed E-state index contributed by atoms with van der Waals surface area (Å²) >= 11 is 0. The maximum atomic E-state index is 12.3. The van der Waals surface area contributed by atoms with Gasteiger partial charge in [-0.05, 0) is 42.7 Å². The number of carbonyl (C=O) groups excluding carboxylic acids is 2. The van der Waals surface area contributed by atoms with Gasteiger partial charge in [0.05, 0.1) is 5.56 Å². The molecule has 0 atom stereocenters. The van der Waals surface area contributed by atoms with Crippen LogP contribution >= 0.6 is 0 Å². The Morgan fingerprint density at radius 3 is 2.69 bits per heavy atom. The van der Waals surface area contributed by atoms with Crippen molar-refractivity contribution in [1.82, 2.24) is 0 Å². The highest BCUT2D eigenvalue weighted by Crippen LogP contribution is 2.27. The van der Waals surface area contributed by atoms with Gasteiger partial charge in [0.1, 0.15) is 0 Å². The fraction of sp³-hybridized carbons (Fsp3) is 0.250. The number of rotatable bonds is 5. The lowest BCUT2D eigenvalue weighted by molar-refractivity contribution is -0.119. The third-order valence-corrected chi connectivity index (χ3v) is 4.51. The number of anilines is 2. The standard InChI is InChI=1S/C20H20N2O4/c1-13-6-7-15(20(25)26)12-16(13)21-18(23)10-11-22-17-5-3-2-4-14(17)8-9-19(22)24/h2-7,12H,8-11H2,1H3,(H,21,23)(H,25,26). The molecule has 1 aliphatic rings. The van der Waals surface area contributed by atoms with Crippen LogP contribution in [0.5, 0.6) is 0 Å². The summed E-state index contributed by atoms with van der Waals surface area (Å²) in [6, 6.07) is 12.3. The molecule has 0 radical (unpaired) electrons. The molecule has 0 bridgehead atoms. The van der Waals surface area contributed by atoms with Crippen LogP contribution in [0, 0.1) is 6.92 Å². The van der Waals surface area contributed by atoms with Gasteiger partial charge in [0.25, 0.3) is 0 Å². The number of hydrogen-bond acceptors (Lipinski definition) is 3. The second-order valence-corrected chi connectivity index (χ2v) is 6.31. The van der Waals surface area contributed by atoms with Gasteiger partial charge < -0.3 is 15.3 Å². The van der Waals surface area contributed by atoms with Crippen LogP contribution in [0.15, 0.2) is 42.5 Å². The van der Waals surface area contributed by atoms with E-state index in [0.717, 1.165) is 23.2 Å². The molecule has 2 aromatic carbocycles. The van der Waals surface area contributed by atoms with Gasteiger partial charge in [-0.15, -0.1) is 0 Å². The monoisotopic (exact) mass is 352 g/mol. The number of fused-ring (bicyclic) bond motifs is 1. The average Bonchev–Trinajstić information content (AvgIpc) is 2.62. The molecule has 1 aliphatic heterocycles. The molecular weight excluding hydrogens is 332 g/mol. The predicted octanol–water partition coefficient (Wildman–Crippen LogP) is 3.00. The Labute approximate surface area is 151 Å². The Bertz CT molecular complexity index is 876. The summed E-state index contributed by atoms with van der Waals surface area (Å²) in [5.74, 6) is -1.29. The minimum Gasteiger partial charge on any atom is -0.478 e. The molecule has 6 nitrogen and oxygen atoms in total. The third kappa shape index (κ3) is 3.74. The summed E-state index contributed by atoms with van der Waals surface area (Å²) in [7, 11) is 0. The lowest BCUT2D eigenvalue weighted by Crippen LogP contribution is -2.37. The van der Waals surface area contributed by atoms with E-state index < -0.39 is 5.97 Å². The van der Waals surface area contributed by atoms with Crippen molar-refractivity contribution in [2.75, 3.05) is 16.8 Å². The van der Waals surface area contributed by atoms with Crippen molar-refractivity contribution >= 4 is 29.2 Å². The molecule has 134 valence electrons. The average molecular weight is 352 g/mol. The van der Waals surface area contributed by atoms with E-state index in [1.807, 2.05) is 24.3 Å². The van der Waals surface area contributed by atoms with Crippen molar-refractivity contribution in [2.45, 2.75) is 26.2 Å². The zero-order chi connectivity index (χ0) is 18.7. The Morgan fingerprint density at radius 2 is 1.92 bits per heavy atom. The van der Waals surface area contributed by atoms with E-state index in [1.54, 1.807) is 17.9 Å². The molecule has 0 unspecified atom stereocenters. The number of carboxylic acid groups (broad SMARTS) is 1. The highest BCUT2D eigenvalue weighted by atomic mass is 16.4. The van der Waals surface area contributed by atoms with Crippen molar-refractivity contribution in [3.63, 3.8) is 0 Å². The van der Waals surface area contributed by atoms with Crippen LogP contribution in [0.1, 0.15) is 34.3 Å². The van der Waals surface area contributed by atoms with Gasteiger partial charge in [0.2, 0.25) is 11.8 Å². The number of nitrogens with one attached hydrogen (secondary N) is 1. The smallest absolute Gasteiger partial charge is 0.335 e. The summed E-state index contributed by atoms with van der Waals surface area (Å²) in [4.78, 5) is 37.3. The van der Waals surface area contributed by atoms with Crippen molar-refractivity contribution in [1.29, 1.82) is 0 Å². The number of aryl methyl sites for hydroxylation is 2. The van der Waals surface area contributed by atoms with Crippen LogP contribution in [0.2, 0.25) is 0 Å². The fourth-order valence-corrected chi connectivity index (χ4v) is 3.06. The summed E-state index contributed by atoms with van der Waals surface area (Å²) in [5.41, 5.74) is 3.34. The van der Waals surface area contributed by atoms with Crippen molar-refractivity contribution in [3.05, 3.63) is 59.2 Å². The van der Waals surface area contributed by atoms with E-state index in [2.05, 4.69) is 5.32 Å². The predicted molar refractivity (Wildman–Crippen MR) is 98.5 cm³/mol. The van der Waals surface area contributed by atoms with Gasteiger partial charge in [-0.1, -0.05) is 24.3 Å². The number of aromatic carboxylic acids is 1. The van der Waals surface area contributed by atoms with Crippen LogP contribution in [-0.2, 0) is 16.0 Å². The zero-order valence-electron chi connectivity index (χ0n) is 14.5. The molecule has 0 spiro atoms. The van der Waals surface area contributed by atoms with Crippen molar-refractivity contribution in [3.8, 4) is 0 Å². The van der Waals surface area contributed by atoms with Crippen LogP contribution in [-0.4, -0.2) is 29.4 Å². The minimum atomic E-state index is -1.05. The number of carboxylic acids is 1. The molecule has 2 amide bonds. The molecule has 3 rings (SSSR count). The summed E-state index contributed by atoms with van der Waals surface area (Å²) in [5, 5.41) is 11.8. The molecule has 0 aliphatic carbocycles. The van der Waals surface area contributed by atoms with Gasteiger partial charge in [0, 0.05) is 30.8 Å². The first-order valence-electron chi connectivity index (χ1n) is 8.48. The summed E-state index contributed by atoms with van der Waals surface area (Å²) < 4.78 is 0. The second-order valence-electron chi connectivity index (χ2n) is 6.31. The molecule has 26 heavy (non-hydrogen) atoms. The van der Waals surface area contributed by atoms with Crippen LogP contribution in [0.4, 0.5) is 11.4 Å². The zero-order valence-corrected chi connectivity index (χ0v) is 14.5. The maximum absolute atomic E-state index is 12.3. The topological polar surface area (TPSA) is 86.7 Å². The second kappa shape index (κ2) is 7.39. The molecule has 0 fully saturated rings. The van der Waals surface area contributed by atoms with Crippen molar-refractivity contribution < 1.29 is 19.5 Å². The summed E-state index contributed by atoms with van der Waals surface area (Å²) in [6.45, 7) is 2.09. The maximum Gasteiger partial charge on any atom is 0.335 e. The van der Waals surface area contributed by atoms with Gasteiger partial charge in [-0.25, -0.2) is 4.79 Å². The van der Waals surface area contributed by atoms with E-state index in [4.69, 9.17) is 5.11 Å². The number of carbonyl (C=O) groups is 3. The van der Waals surface area contributed by atoms with Gasteiger partial charge >= 0.3 is 5.97 Å². The Hall–Kier alpha value is -3.15. The quantitative estimate of drug-likeness (QED) is 0.866. The highest BCUT2D eigenvalue weighted by molar-refractivity contribution is 5.98. The van der Waals surface area contributed by atoms with E-state index in [-0.39, 0.29) is 23.8 Å². The Morgan fingerprint density at radius 1 is 1.15 bits per heavy atom. The highest BCUT2D eigenvalue weighted by Gasteiger charge is 2.24. The first-order chi connectivity index (χ1) is 12.5. The molecule has 2 aromatic rings. The minimum absolute atomic E-state index is 0.0144. The number of para-hydroxylation sites is 1. The molecule has 2 N–H and O–H groups in total. The number of nitrogens with zero attached hydrogens (tertiary/aromatic N) is 1. The lowest BCUT2D eigenvalue weighted by atomic mass is 10.0. The molecule has 0 aromatic heterocycles. The number of hydrogen-bond donors (Lipinski definition) is 2. The Balaban J connectivity index is 1.67. The molecular formula is C20H20N2O4. The van der Waals surface area contributed by atoms with E-state index in [1.165, 1.54) is 12.1 Å². The first-order valence-corrected chi connectivity index (χ1v) is 8.48. The normalized spacial score (nSPS) is 13.3. The third-order valence-electron chi connectivity index (χ3n) is 4.51. The number of benzene rings is 2. The van der Waals surface area contributed by atoms with Crippen LogP contribution in [0.3, 0.4) is 0 Å². The van der Waals surface area contributed by atoms with Crippen LogP contribution in [0.25, 0.3) is 0 Å². The van der Waals surface area contributed by atoms with Gasteiger partial charge in [-0.2, -0.15) is 0 Å². The van der Waals surface area contributed by atoms with Crippen LogP contribution < -0.4 is 10.2 Å². The SMILES string of the molecule is Cc1ccc(C(=O)O)cc1NC(=O)CCN1C(=O)CCc2ccccc21. The Kier molecular flexibility index (Phi) is 5.02. The molecule has 0 saturated carbocycles. The first kappa shape index (κ1) is 17.7. The molecule has 6 heteroatoms. The van der Waals surface area contributed by atoms with E-state index >= 15 is 0 Å². The fourth-order valence-electron chi connectivity index (χ4n) is 3.06.